The first-order valence-corrected chi connectivity index (χ1v) is 6.85. The maximum absolute atomic E-state index is 4.76. The van der Waals surface area contributed by atoms with E-state index in [9.17, 15) is 0 Å². The SMILES string of the molecule is C=C/C=C\C1Cc2ccccc2-n2c1nc(C=C)c2C. The molecule has 1 atom stereocenters. The van der Waals surface area contributed by atoms with Gasteiger partial charge in [0.2, 0.25) is 0 Å². The van der Waals surface area contributed by atoms with Crippen LogP contribution in [0.15, 0.2) is 55.7 Å². The van der Waals surface area contributed by atoms with Crippen LogP contribution in [0.4, 0.5) is 0 Å². The molecule has 0 spiro atoms. The first-order chi connectivity index (χ1) is 9.76. The van der Waals surface area contributed by atoms with E-state index in [-0.39, 0.29) is 5.92 Å². The van der Waals surface area contributed by atoms with Crippen LogP contribution < -0.4 is 0 Å². The lowest BCUT2D eigenvalue weighted by molar-refractivity contribution is 0.695. The van der Waals surface area contributed by atoms with Gasteiger partial charge >= 0.3 is 0 Å². The largest absolute Gasteiger partial charge is 0.300 e. The number of imidazole rings is 1. The number of nitrogens with zero attached hydrogens (tertiary/aromatic N) is 2. The van der Waals surface area contributed by atoms with Gasteiger partial charge in [0.1, 0.15) is 5.82 Å². The molecule has 2 nitrogen and oxygen atoms in total. The molecule has 20 heavy (non-hydrogen) atoms. The van der Waals surface area contributed by atoms with Gasteiger partial charge in [-0.15, -0.1) is 0 Å². The lowest BCUT2D eigenvalue weighted by Crippen LogP contribution is -2.17. The number of hydrogen-bond acceptors (Lipinski definition) is 1. The maximum Gasteiger partial charge on any atom is 0.121 e. The Morgan fingerprint density at radius 2 is 2.10 bits per heavy atom. The van der Waals surface area contributed by atoms with Crippen molar-refractivity contribution < 1.29 is 0 Å². The summed E-state index contributed by atoms with van der Waals surface area (Å²) >= 11 is 0. The van der Waals surface area contributed by atoms with Crippen molar-refractivity contribution in [3.05, 3.63) is 78.4 Å². The smallest absolute Gasteiger partial charge is 0.121 e. The number of hydrogen-bond donors (Lipinski definition) is 0. The molecule has 0 saturated heterocycles. The molecule has 2 aromatic rings. The van der Waals surface area contributed by atoms with Gasteiger partial charge in [-0.05, 0) is 31.1 Å². The fraction of sp³-hybridized carbons (Fsp3) is 0.167. The quantitative estimate of drug-likeness (QED) is 0.758. The Kier molecular flexibility index (Phi) is 3.15. The molecule has 0 amide bonds. The minimum atomic E-state index is 0.287. The fourth-order valence-electron chi connectivity index (χ4n) is 2.88. The Morgan fingerprint density at radius 3 is 2.85 bits per heavy atom. The third kappa shape index (κ3) is 1.85. The summed E-state index contributed by atoms with van der Waals surface area (Å²) in [6.07, 6.45) is 8.80. The van der Waals surface area contributed by atoms with Crippen LogP contribution in [0.1, 0.15) is 28.7 Å². The van der Waals surface area contributed by atoms with Gasteiger partial charge < -0.3 is 0 Å². The molecular weight excluding hydrogens is 244 g/mol. The van der Waals surface area contributed by atoms with Gasteiger partial charge in [0, 0.05) is 11.6 Å². The Bertz CT molecular complexity index is 704. The molecule has 1 aliphatic rings. The molecule has 0 radical (unpaired) electrons. The van der Waals surface area contributed by atoms with Crippen molar-refractivity contribution >= 4 is 6.08 Å². The van der Waals surface area contributed by atoms with E-state index in [2.05, 4.69) is 55.0 Å². The van der Waals surface area contributed by atoms with E-state index in [1.54, 1.807) is 0 Å². The van der Waals surface area contributed by atoms with Crippen LogP contribution in [0.2, 0.25) is 0 Å². The third-order valence-corrected chi connectivity index (χ3v) is 3.85. The van der Waals surface area contributed by atoms with E-state index in [4.69, 9.17) is 4.98 Å². The van der Waals surface area contributed by atoms with Crippen molar-refractivity contribution in [1.29, 1.82) is 0 Å². The molecule has 0 saturated carbocycles. The van der Waals surface area contributed by atoms with Crippen molar-refractivity contribution in [3.63, 3.8) is 0 Å². The average Bonchev–Trinajstić information content (AvgIpc) is 2.82. The number of para-hydroxylation sites is 1. The molecule has 100 valence electrons. The molecule has 1 aromatic heterocycles. The summed E-state index contributed by atoms with van der Waals surface area (Å²) in [5, 5.41) is 0. The Hall–Kier alpha value is -2.35. The van der Waals surface area contributed by atoms with E-state index in [0.717, 1.165) is 23.6 Å². The van der Waals surface area contributed by atoms with Crippen molar-refractivity contribution in [1.82, 2.24) is 9.55 Å². The lowest BCUT2D eigenvalue weighted by Gasteiger charge is -2.25. The van der Waals surface area contributed by atoms with Gasteiger partial charge in [0.15, 0.2) is 0 Å². The Balaban J connectivity index is 2.24. The zero-order valence-electron chi connectivity index (χ0n) is 11.7. The van der Waals surface area contributed by atoms with Gasteiger partial charge in [-0.2, -0.15) is 0 Å². The maximum atomic E-state index is 4.76. The van der Waals surface area contributed by atoms with Crippen molar-refractivity contribution in [3.8, 4) is 5.69 Å². The predicted octanol–water partition coefficient (Wildman–Crippen LogP) is 4.21. The second-order valence-electron chi connectivity index (χ2n) is 5.04. The highest BCUT2D eigenvalue weighted by atomic mass is 15.1. The highest BCUT2D eigenvalue weighted by Crippen LogP contribution is 2.35. The Morgan fingerprint density at radius 1 is 1.30 bits per heavy atom. The molecule has 0 bridgehead atoms. The van der Waals surface area contributed by atoms with Gasteiger partial charge in [-0.3, -0.25) is 4.57 Å². The van der Waals surface area contributed by atoms with E-state index in [1.807, 2.05) is 18.2 Å². The van der Waals surface area contributed by atoms with Crippen LogP contribution in [0.5, 0.6) is 0 Å². The molecule has 1 unspecified atom stereocenters. The first kappa shape index (κ1) is 12.7. The fourth-order valence-corrected chi connectivity index (χ4v) is 2.88. The normalized spacial score (nSPS) is 16.8. The standard InChI is InChI=1S/C18H18N2/c1-4-6-9-15-12-14-10-7-8-11-17(14)20-13(3)16(5-2)19-18(15)20/h4-11,15H,1-2,12H2,3H3/b9-6-. The highest BCUT2D eigenvalue weighted by molar-refractivity contribution is 5.54. The number of rotatable bonds is 3. The van der Waals surface area contributed by atoms with Crippen molar-refractivity contribution in [2.75, 3.05) is 0 Å². The second-order valence-corrected chi connectivity index (χ2v) is 5.04. The monoisotopic (exact) mass is 262 g/mol. The van der Waals surface area contributed by atoms with Crippen LogP contribution in [0, 0.1) is 6.92 Å². The summed E-state index contributed by atoms with van der Waals surface area (Å²) in [6, 6.07) is 8.53. The average molecular weight is 262 g/mol. The highest BCUT2D eigenvalue weighted by Gasteiger charge is 2.26. The summed E-state index contributed by atoms with van der Waals surface area (Å²) in [4.78, 5) is 4.76. The molecule has 2 heterocycles. The van der Waals surface area contributed by atoms with Gasteiger partial charge in [-0.25, -0.2) is 4.98 Å². The molecule has 0 fully saturated rings. The van der Waals surface area contributed by atoms with Crippen molar-refractivity contribution in [2.45, 2.75) is 19.3 Å². The van der Waals surface area contributed by atoms with E-state index < -0.39 is 0 Å². The minimum absolute atomic E-state index is 0.287. The van der Waals surface area contributed by atoms with Crippen LogP contribution in [-0.2, 0) is 6.42 Å². The molecule has 0 N–H and O–H groups in total. The lowest BCUT2D eigenvalue weighted by atomic mass is 9.93. The first-order valence-electron chi connectivity index (χ1n) is 6.85. The van der Waals surface area contributed by atoms with Crippen LogP contribution in [0.3, 0.4) is 0 Å². The van der Waals surface area contributed by atoms with E-state index >= 15 is 0 Å². The molecular formula is C18H18N2. The topological polar surface area (TPSA) is 17.8 Å². The second kappa shape index (κ2) is 4.97. The predicted molar refractivity (Wildman–Crippen MR) is 84.2 cm³/mol. The molecule has 0 aliphatic carbocycles. The van der Waals surface area contributed by atoms with Crippen LogP contribution in [-0.4, -0.2) is 9.55 Å². The van der Waals surface area contributed by atoms with Gasteiger partial charge in [0.05, 0.1) is 11.4 Å². The number of aromatic nitrogens is 2. The van der Waals surface area contributed by atoms with Crippen LogP contribution in [0.25, 0.3) is 11.8 Å². The molecule has 2 heteroatoms. The number of allylic oxidation sites excluding steroid dienone is 3. The van der Waals surface area contributed by atoms with Gasteiger partial charge in [0.25, 0.3) is 0 Å². The summed E-state index contributed by atoms with van der Waals surface area (Å²) in [5.74, 6) is 1.38. The molecule has 1 aliphatic heterocycles. The molecule has 1 aromatic carbocycles. The zero-order chi connectivity index (χ0) is 14.1. The van der Waals surface area contributed by atoms with Crippen molar-refractivity contribution in [2.24, 2.45) is 0 Å². The van der Waals surface area contributed by atoms with E-state index in [0.29, 0.717) is 0 Å². The summed E-state index contributed by atoms with van der Waals surface area (Å²) in [6.45, 7) is 9.72. The summed E-state index contributed by atoms with van der Waals surface area (Å²) in [7, 11) is 0. The summed E-state index contributed by atoms with van der Waals surface area (Å²) < 4.78 is 2.26. The van der Waals surface area contributed by atoms with E-state index in [1.165, 1.54) is 11.3 Å². The Labute approximate surface area is 119 Å². The van der Waals surface area contributed by atoms with Gasteiger partial charge in [-0.1, -0.05) is 49.6 Å². The molecule has 3 rings (SSSR count). The summed E-state index contributed by atoms with van der Waals surface area (Å²) in [5.41, 5.74) is 4.71. The van der Waals surface area contributed by atoms with Crippen LogP contribution >= 0.6 is 0 Å². The number of benzene rings is 1. The minimum Gasteiger partial charge on any atom is -0.300 e. The third-order valence-electron chi connectivity index (χ3n) is 3.85. The zero-order valence-corrected chi connectivity index (χ0v) is 11.7. The number of fused-ring (bicyclic) bond motifs is 3.